The summed E-state index contributed by atoms with van der Waals surface area (Å²) >= 11 is 0. The molecule has 1 aromatic rings. The van der Waals surface area contributed by atoms with Crippen LogP contribution in [0.1, 0.15) is 23.0 Å². The van der Waals surface area contributed by atoms with Crippen molar-refractivity contribution in [1.82, 2.24) is 4.98 Å². The monoisotopic (exact) mass is 146 g/mol. The van der Waals surface area contributed by atoms with Gasteiger partial charge in [0.1, 0.15) is 11.8 Å². The first kappa shape index (κ1) is 7.42. The Bertz CT molecular complexity index is 325. The molecule has 0 aliphatic heterocycles. The molecule has 0 unspecified atom stereocenters. The molecule has 0 radical (unpaired) electrons. The van der Waals surface area contributed by atoms with Gasteiger partial charge in [0.25, 0.3) is 0 Å². The van der Waals surface area contributed by atoms with E-state index in [-0.39, 0.29) is 11.5 Å². The molecule has 0 aromatic carbocycles. The Morgan fingerprint density at radius 3 is 3.00 bits per heavy atom. The highest BCUT2D eigenvalue weighted by molar-refractivity contribution is 5.94. The first-order valence-electron chi connectivity index (χ1n) is 3.11. The van der Waals surface area contributed by atoms with Crippen LogP contribution in [-0.4, -0.2) is 10.8 Å². The minimum Gasteiger partial charge on any atom is -0.295 e. The minimum atomic E-state index is -0.0519. The fourth-order valence-corrected chi connectivity index (χ4v) is 0.711. The number of hydrogen-bond donors (Lipinski definition) is 0. The molecule has 0 saturated heterocycles. The van der Waals surface area contributed by atoms with Gasteiger partial charge in [0.05, 0.1) is 0 Å². The SMILES string of the molecule is CC(=O)c1ccnc(C#N)c1. The summed E-state index contributed by atoms with van der Waals surface area (Å²) in [6.07, 6.45) is 1.45. The summed E-state index contributed by atoms with van der Waals surface area (Å²) in [5.74, 6) is -0.0519. The smallest absolute Gasteiger partial charge is 0.159 e. The van der Waals surface area contributed by atoms with Gasteiger partial charge in [-0.15, -0.1) is 0 Å². The molecule has 0 N–H and O–H groups in total. The average molecular weight is 146 g/mol. The summed E-state index contributed by atoms with van der Waals surface area (Å²) in [5, 5.41) is 8.42. The molecule has 0 spiro atoms. The Balaban J connectivity index is 3.13. The predicted octanol–water partition coefficient (Wildman–Crippen LogP) is 1.16. The summed E-state index contributed by atoms with van der Waals surface area (Å²) in [6, 6.07) is 4.92. The van der Waals surface area contributed by atoms with E-state index in [9.17, 15) is 4.79 Å². The number of ketones is 1. The number of Topliss-reactive ketones (excluding diaryl/α,β-unsaturated/α-hetero) is 1. The molecule has 0 aliphatic carbocycles. The Kier molecular flexibility index (Phi) is 1.98. The van der Waals surface area contributed by atoms with Crippen LogP contribution in [0.5, 0.6) is 0 Å². The number of nitriles is 1. The lowest BCUT2D eigenvalue weighted by atomic mass is 10.2. The molecule has 1 aromatic heterocycles. The van der Waals surface area contributed by atoms with Gasteiger partial charge in [-0.05, 0) is 19.1 Å². The summed E-state index contributed by atoms with van der Waals surface area (Å²) < 4.78 is 0. The van der Waals surface area contributed by atoms with Crippen LogP contribution in [0.3, 0.4) is 0 Å². The summed E-state index contributed by atoms with van der Waals surface area (Å²) in [6.45, 7) is 1.45. The van der Waals surface area contributed by atoms with Crippen LogP contribution in [0, 0.1) is 11.3 Å². The molecule has 11 heavy (non-hydrogen) atoms. The van der Waals surface area contributed by atoms with Gasteiger partial charge >= 0.3 is 0 Å². The first-order chi connectivity index (χ1) is 5.24. The number of carbonyl (C=O) groups excluding carboxylic acids is 1. The van der Waals surface area contributed by atoms with Crippen molar-refractivity contribution in [2.75, 3.05) is 0 Å². The van der Waals surface area contributed by atoms with Gasteiger partial charge in [-0.25, -0.2) is 4.98 Å². The molecular formula is C8H6N2O. The van der Waals surface area contributed by atoms with Gasteiger partial charge in [0, 0.05) is 11.8 Å². The van der Waals surface area contributed by atoms with E-state index < -0.39 is 0 Å². The molecule has 54 valence electrons. The third kappa shape index (κ3) is 1.62. The Labute approximate surface area is 64.3 Å². The highest BCUT2D eigenvalue weighted by atomic mass is 16.1. The molecule has 0 saturated carbocycles. The van der Waals surface area contributed by atoms with Crippen LogP contribution in [-0.2, 0) is 0 Å². The van der Waals surface area contributed by atoms with Crippen LogP contribution in [0.25, 0.3) is 0 Å². The average Bonchev–Trinajstić information content (AvgIpc) is 2.05. The zero-order valence-corrected chi connectivity index (χ0v) is 6.03. The summed E-state index contributed by atoms with van der Waals surface area (Å²) in [5.41, 5.74) is 0.800. The van der Waals surface area contributed by atoms with Gasteiger partial charge in [-0.1, -0.05) is 0 Å². The van der Waals surface area contributed by atoms with Gasteiger partial charge in [-0.3, -0.25) is 4.79 Å². The normalized spacial score (nSPS) is 8.73. The maximum atomic E-state index is 10.8. The number of hydrogen-bond acceptors (Lipinski definition) is 3. The van der Waals surface area contributed by atoms with Crippen molar-refractivity contribution in [2.24, 2.45) is 0 Å². The Morgan fingerprint density at radius 1 is 1.73 bits per heavy atom. The molecule has 0 amide bonds. The van der Waals surface area contributed by atoms with Crippen LogP contribution in [0.4, 0.5) is 0 Å². The van der Waals surface area contributed by atoms with E-state index in [1.54, 1.807) is 6.07 Å². The van der Waals surface area contributed by atoms with Crippen molar-refractivity contribution in [3.63, 3.8) is 0 Å². The van der Waals surface area contributed by atoms with Gasteiger partial charge in [0.15, 0.2) is 5.78 Å². The van der Waals surface area contributed by atoms with Crippen LogP contribution >= 0.6 is 0 Å². The maximum Gasteiger partial charge on any atom is 0.159 e. The zero-order valence-electron chi connectivity index (χ0n) is 6.03. The zero-order chi connectivity index (χ0) is 8.27. The molecule has 0 bridgehead atoms. The molecule has 0 atom stereocenters. The third-order valence-corrected chi connectivity index (χ3v) is 1.28. The molecule has 0 fully saturated rings. The van der Waals surface area contributed by atoms with Crippen LogP contribution in [0.15, 0.2) is 18.3 Å². The summed E-state index contributed by atoms with van der Waals surface area (Å²) in [7, 11) is 0. The highest BCUT2D eigenvalue weighted by Gasteiger charge is 1.99. The van der Waals surface area contributed by atoms with Gasteiger partial charge < -0.3 is 0 Å². The minimum absolute atomic E-state index is 0.0519. The number of carbonyl (C=O) groups is 1. The van der Waals surface area contributed by atoms with Crippen LogP contribution in [0.2, 0.25) is 0 Å². The molecule has 0 aliphatic rings. The summed E-state index contributed by atoms with van der Waals surface area (Å²) in [4.78, 5) is 14.5. The quantitative estimate of drug-likeness (QED) is 0.558. The molecular weight excluding hydrogens is 140 g/mol. The van der Waals surface area contributed by atoms with Crippen molar-refractivity contribution in [2.45, 2.75) is 6.92 Å². The molecule has 3 heteroatoms. The fraction of sp³-hybridized carbons (Fsp3) is 0.125. The van der Waals surface area contributed by atoms with E-state index in [4.69, 9.17) is 5.26 Å². The van der Waals surface area contributed by atoms with E-state index in [0.717, 1.165) is 0 Å². The second kappa shape index (κ2) is 2.93. The number of nitrogens with zero attached hydrogens (tertiary/aromatic N) is 2. The maximum absolute atomic E-state index is 10.8. The van der Waals surface area contributed by atoms with Crippen molar-refractivity contribution >= 4 is 5.78 Å². The number of rotatable bonds is 1. The first-order valence-corrected chi connectivity index (χ1v) is 3.11. The second-order valence-corrected chi connectivity index (χ2v) is 2.10. The standard InChI is InChI=1S/C8H6N2O/c1-6(11)7-2-3-10-8(4-7)5-9/h2-4H,1H3. The lowest BCUT2D eigenvalue weighted by Crippen LogP contribution is -1.93. The van der Waals surface area contributed by atoms with Crippen LogP contribution < -0.4 is 0 Å². The molecule has 1 heterocycles. The van der Waals surface area contributed by atoms with E-state index in [0.29, 0.717) is 5.56 Å². The van der Waals surface area contributed by atoms with E-state index in [1.165, 1.54) is 19.2 Å². The van der Waals surface area contributed by atoms with Gasteiger partial charge in [-0.2, -0.15) is 5.26 Å². The third-order valence-electron chi connectivity index (χ3n) is 1.28. The van der Waals surface area contributed by atoms with E-state index in [2.05, 4.69) is 4.98 Å². The van der Waals surface area contributed by atoms with Crippen molar-refractivity contribution in [1.29, 1.82) is 5.26 Å². The molecule has 1 rings (SSSR count). The molecule has 3 nitrogen and oxygen atoms in total. The lowest BCUT2D eigenvalue weighted by Gasteiger charge is -1.92. The predicted molar refractivity (Wildman–Crippen MR) is 39.0 cm³/mol. The Hall–Kier alpha value is -1.69. The second-order valence-electron chi connectivity index (χ2n) is 2.10. The fourth-order valence-electron chi connectivity index (χ4n) is 0.711. The Morgan fingerprint density at radius 2 is 2.45 bits per heavy atom. The number of pyridine rings is 1. The van der Waals surface area contributed by atoms with Crippen molar-refractivity contribution in [3.8, 4) is 6.07 Å². The van der Waals surface area contributed by atoms with E-state index >= 15 is 0 Å². The van der Waals surface area contributed by atoms with Gasteiger partial charge in [0.2, 0.25) is 0 Å². The van der Waals surface area contributed by atoms with Crippen molar-refractivity contribution in [3.05, 3.63) is 29.6 Å². The number of aromatic nitrogens is 1. The van der Waals surface area contributed by atoms with Crippen molar-refractivity contribution < 1.29 is 4.79 Å². The lowest BCUT2D eigenvalue weighted by molar-refractivity contribution is 0.101. The van der Waals surface area contributed by atoms with E-state index in [1.807, 2.05) is 6.07 Å². The highest BCUT2D eigenvalue weighted by Crippen LogP contribution is 2.00. The largest absolute Gasteiger partial charge is 0.295 e. The topological polar surface area (TPSA) is 53.8 Å².